The molecule has 2 aromatic rings. The highest BCUT2D eigenvalue weighted by atomic mass is 35.5. The van der Waals surface area contributed by atoms with Crippen LogP contribution in [0.4, 0.5) is 0 Å². The second kappa shape index (κ2) is 6.27. The molecule has 120 valence electrons. The average molecular weight is 348 g/mol. The van der Waals surface area contributed by atoms with Crippen LogP contribution in [0.2, 0.25) is 4.34 Å². The van der Waals surface area contributed by atoms with E-state index >= 15 is 0 Å². The Morgan fingerprint density at radius 1 is 1.13 bits per heavy atom. The summed E-state index contributed by atoms with van der Waals surface area (Å²) in [6.45, 7) is 1.28. The highest BCUT2D eigenvalue weighted by molar-refractivity contribution is 7.17. The van der Waals surface area contributed by atoms with Gasteiger partial charge in [0.2, 0.25) is 0 Å². The fourth-order valence-electron chi connectivity index (χ4n) is 3.12. The van der Waals surface area contributed by atoms with Crippen molar-refractivity contribution < 1.29 is 9.53 Å². The normalized spacial score (nSPS) is 24.7. The zero-order chi connectivity index (χ0) is 15.8. The molecule has 1 aromatic heterocycles. The van der Waals surface area contributed by atoms with Crippen molar-refractivity contribution in [2.24, 2.45) is 5.92 Å². The zero-order valence-corrected chi connectivity index (χ0v) is 14.2. The van der Waals surface area contributed by atoms with Crippen LogP contribution in [0.5, 0.6) is 0 Å². The van der Waals surface area contributed by atoms with Crippen molar-refractivity contribution in [1.82, 2.24) is 4.90 Å². The highest BCUT2D eigenvalue weighted by Gasteiger charge is 2.40. The quantitative estimate of drug-likeness (QED) is 0.823. The van der Waals surface area contributed by atoms with Gasteiger partial charge in [-0.15, -0.1) is 11.3 Å². The lowest BCUT2D eigenvalue weighted by molar-refractivity contribution is -0.0863. The minimum atomic E-state index is -0.0464. The molecule has 1 saturated carbocycles. The number of amides is 1. The first kappa shape index (κ1) is 15.2. The Hall–Kier alpha value is -1.36. The molecule has 2 fully saturated rings. The summed E-state index contributed by atoms with van der Waals surface area (Å²) in [5.74, 6) is 0.667. The number of hydrogen-bond acceptors (Lipinski definition) is 3. The molecular formula is C18H18ClNO2S. The summed E-state index contributed by atoms with van der Waals surface area (Å²) in [6.07, 6.45) is 2.52. The van der Waals surface area contributed by atoms with Crippen molar-refractivity contribution in [2.75, 3.05) is 13.1 Å². The monoisotopic (exact) mass is 347 g/mol. The smallest absolute Gasteiger partial charge is 0.264 e. The minimum absolute atomic E-state index is 0.0464. The largest absolute Gasteiger partial charge is 0.366 e. The van der Waals surface area contributed by atoms with Gasteiger partial charge in [0.05, 0.1) is 21.9 Å². The Labute approximate surface area is 144 Å². The lowest BCUT2D eigenvalue weighted by atomic mass is 10.0. The molecule has 1 aromatic carbocycles. The van der Waals surface area contributed by atoms with Gasteiger partial charge in [0.15, 0.2) is 0 Å². The lowest BCUT2D eigenvalue weighted by Crippen LogP contribution is -2.47. The number of halogens is 1. The SMILES string of the molecule is O=C(c1ccc(Cl)s1)N1C[C@@H](c2ccccc2)O[C@@H](C2CC2)C1. The maximum atomic E-state index is 12.8. The van der Waals surface area contributed by atoms with Gasteiger partial charge in [-0.2, -0.15) is 0 Å². The topological polar surface area (TPSA) is 29.5 Å². The van der Waals surface area contributed by atoms with Gasteiger partial charge in [0, 0.05) is 6.54 Å². The second-order valence-corrected chi connectivity index (χ2v) is 7.94. The van der Waals surface area contributed by atoms with E-state index in [1.807, 2.05) is 29.2 Å². The Balaban J connectivity index is 1.57. The third kappa shape index (κ3) is 3.30. The number of benzene rings is 1. The number of carbonyl (C=O) groups is 1. The summed E-state index contributed by atoms with van der Waals surface area (Å²) in [4.78, 5) is 15.4. The van der Waals surface area contributed by atoms with Gasteiger partial charge < -0.3 is 9.64 Å². The van der Waals surface area contributed by atoms with E-state index in [1.165, 1.54) is 24.2 Å². The first-order valence-electron chi connectivity index (χ1n) is 7.96. The molecule has 2 aliphatic rings. The fourth-order valence-corrected chi connectivity index (χ4v) is 4.13. The summed E-state index contributed by atoms with van der Waals surface area (Å²) in [5, 5.41) is 0. The Morgan fingerprint density at radius 2 is 1.91 bits per heavy atom. The number of nitrogens with zero attached hydrogens (tertiary/aromatic N) is 1. The van der Waals surface area contributed by atoms with Crippen LogP contribution in [-0.2, 0) is 4.74 Å². The predicted molar refractivity (Wildman–Crippen MR) is 92.0 cm³/mol. The van der Waals surface area contributed by atoms with Gasteiger partial charge in [0.1, 0.15) is 6.10 Å². The van der Waals surface area contributed by atoms with E-state index < -0.39 is 0 Å². The Morgan fingerprint density at radius 3 is 2.57 bits per heavy atom. The third-order valence-electron chi connectivity index (χ3n) is 4.52. The number of morpholine rings is 1. The third-order valence-corrected chi connectivity index (χ3v) is 5.74. The van der Waals surface area contributed by atoms with Crippen molar-refractivity contribution in [3.63, 3.8) is 0 Å². The van der Waals surface area contributed by atoms with E-state index in [4.69, 9.17) is 16.3 Å². The molecule has 1 aliphatic heterocycles. The zero-order valence-electron chi connectivity index (χ0n) is 12.7. The first-order valence-corrected chi connectivity index (χ1v) is 9.15. The summed E-state index contributed by atoms with van der Waals surface area (Å²) in [7, 11) is 0. The van der Waals surface area contributed by atoms with Gasteiger partial charge in [-0.25, -0.2) is 0 Å². The molecule has 5 heteroatoms. The second-order valence-electron chi connectivity index (χ2n) is 6.23. The van der Waals surface area contributed by atoms with E-state index in [1.54, 1.807) is 6.07 Å². The van der Waals surface area contributed by atoms with Crippen molar-refractivity contribution in [3.8, 4) is 0 Å². The number of rotatable bonds is 3. The van der Waals surface area contributed by atoms with E-state index in [9.17, 15) is 4.79 Å². The van der Waals surface area contributed by atoms with Crippen LogP contribution in [0.25, 0.3) is 0 Å². The fraction of sp³-hybridized carbons (Fsp3) is 0.389. The summed E-state index contributed by atoms with van der Waals surface area (Å²) in [5.41, 5.74) is 1.14. The molecule has 2 heterocycles. The van der Waals surface area contributed by atoms with Gasteiger partial charge >= 0.3 is 0 Å². The molecule has 0 N–H and O–H groups in total. The Kier molecular flexibility index (Phi) is 4.14. The highest BCUT2D eigenvalue weighted by Crippen LogP contribution is 2.40. The molecule has 0 unspecified atom stereocenters. The number of thiophene rings is 1. The van der Waals surface area contributed by atoms with Crippen LogP contribution < -0.4 is 0 Å². The summed E-state index contributed by atoms with van der Waals surface area (Å²) in [6, 6.07) is 13.8. The van der Waals surface area contributed by atoms with Crippen LogP contribution in [0, 0.1) is 5.92 Å². The number of carbonyl (C=O) groups excluding carboxylic acids is 1. The molecule has 0 radical (unpaired) electrons. The van der Waals surface area contributed by atoms with E-state index in [0.29, 0.717) is 28.2 Å². The molecule has 3 nitrogen and oxygen atoms in total. The molecule has 4 rings (SSSR count). The maximum Gasteiger partial charge on any atom is 0.264 e. The average Bonchev–Trinajstić information content (AvgIpc) is 3.36. The Bertz CT molecular complexity index is 698. The minimum Gasteiger partial charge on any atom is -0.366 e. The molecule has 0 bridgehead atoms. The predicted octanol–water partition coefficient (Wildman–Crippen LogP) is 4.39. The van der Waals surface area contributed by atoms with Gasteiger partial charge in [-0.1, -0.05) is 41.9 Å². The molecule has 0 spiro atoms. The van der Waals surface area contributed by atoms with Crippen molar-refractivity contribution in [2.45, 2.75) is 25.0 Å². The molecular weight excluding hydrogens is 330 g/mol. The van der Waals surface area contributed by atoms with Gasteiger partial charge in [0.25, 0.3) is 5.91 Å². The van der Waals surface area contributed by atoms with Crippen LogP contribution >= 0.6 is 22.9 Å². The first-order chi connectivity index (χ1) is 11.2. The molecule has 23 heavy (non-hydrogen) atoms. The molecule has 2 atom stereocenters. The van der Waals surface area contributed by atoms with Crippen molar-refractivity contribution in [1.29, 1.82) is 0 Å². The van der Waals surface area contributed by atoms with Crippen LogP contribution in [-0.4, -0.2) is 30.0 Å². The van der Waals surface area contributed by atoms with E-state index in [0.717, 1.165) is 5.56 Å². The van der Waals surface area contributed by atoms with Crippen LogP contribution in [0.15, 0.2) is 42.5 Å². The molecule has 1 saturated heterocycles. The van der Waals surface area contributed by atoms with Gasteiger partial charge in [-0.05, 0) is 36.5 Å². The number of hydrogen-bond donors (Lipinski definition) is 0. The van der Waals surface area contributed by atoms with E-state index in [2.05, 4.69) is 12.1 Å². The van der Waals surface area contributed by atoms with Crippen molar-refractivity contribution >= 4 is 28.8 Å². The molecule has 1 amide bonds. The van der Waals surface area contributed by atoms with E-state index in [-0.39, 0.29) is 18.1 Å². The summed E-state index contributed by atoms with van der Waals surface area (Å²) < 4.78 is 6.95. The van der Waals surface area contributed by atoms with Crippen molar-refractivity contribution in [3.05, 3.63) is 57.2 Å². The van der Waals surface area contributed by atoms with Gasteiger partial charge in [-0.3, -0.25) is 4.79 Å². The lowest BCUT2D eigenvalue weighted by Gasteiger charge is -2.38. The van der Waals surface area contributed by atoms with Crippen LogP contribution in [0.3, 0.4) is 0 Å². The summed E-state index contributed by atoms with van der Waals surface area (Å²) >= 11 is 7.33. The standard InChI is InChI=1S/C18H18ClNO2S/c19-17-9-8-16(23-17)18(21)20-10-14(12-4-2-1-3-5-12)22-15(11-20)13-6-7-13/h1-5,8-9,13-15H,6-7,10-11H2/t14-,15+/m0/s1. The molecule has 1 aliphatic carbocycles. The van der Waals surface area contributed by atoms with Crippen LogP contribution in [0.1, 0.15) is 34.2 Å². The number of ether oxygens (including phenoxy) is 1. The maximum absolute atomic E-state index is 12.8.